The van der Waals surface area contributed by atoms with Gasteiger partial charge in [-0.1, -0.05) is 34.1 Å². The summed E-state index contributed by atoms with van der Waals surface area (Å²) in [5.41, 5.74) is 1.19. The van der Waals surface area contributed by atoms with Gasteiger partial charge in [-0.05, 0) is 111 Å². The van der Waals surface area contributed by atoms with Gasteiger partial charge >= 0.3 is 0 Å². The van der Waals surface area contributed by atoms with Gasteiger partial charge in [-0.2, -0.15) is 0 Å². The summed E-state index contributed by atoms with van der Waals surface area (Å²) in [5, 5.41) is 10.2. The first-order valence-corrected chi connectivity index (χ1v) is 11.5. The summed E-state index contributed by atoms with van der Waals surface area (Å²) in [6.07, 6.45) is 15.2. The van der Waals surface area contributed by atoms with Crippen LogP contribution in [-0.2, 0) is 0 Å². The Bertz CT molecular complexity index is 484. The molecule has 0 aliphatic heterocycles. The van der Waals surface area contributed by atoms with Gasteiger partial charge in [0.2, 0.25) is 0 Å². The maximum atomic E-state index is 10.2. The fourth-order valence-electron chi connectivity index (χ4n) is 8.35. The quantitative estimate of drug-likeness (QED) is 0.623. The summed E-state index contributed by atoms with van der Waals surface area (Å²) in [6.45, 7) is 10.1. The van der Waals surface area contributed by atoms with Crippen molar-refractivity contribution in [3.63, 3.8) is 0 Å². The highest BCUT2D eigenvalue weighted by Crippen LogP contribution is 2.67. The third kappa shape index (κ3) is 2.91. The van der Waals surface area contributed by atoms with Gasteiger partial charge in [0.25, 0.3) is 0 Å². The molecule has 4 aliphatic carbocycles. The standard InChI is InChI=1S/C24H42O/c1-16(2)5-6-17-8-10-21-20-9-7-18-15-19(25)11-13-24(18,4)22(20)12-14-23(17,21)3/h16-22,25H,5-15H2,1-4H3/t17?,18?,19-,20-,21?,22?,23?,24-/m0/s1. The summed E-state index contributed by atoms with van der Waals surface area (Å²) in [4.78, 5) is 0. The molecule has 4 rings (SSSR count). The molecule has 144 valence electrons. The second kappa shape index (κ2) is 6.54. The normalized spacial score (nSPS) is 52.6. The third-order valence-electron chi connectivity index (χ3n) is 9.93. The highest BCUT2D eigenvalue weighted by molar-refractivity contribution is 5.09. The Hall–Kier alpha value is -0.0400. The number of hydrogen-bond donors (Lipinski definition) is 1. The lowest BCUT2D eigenvalue weighted by atomic mass is 9.44. The molecule has 0 saturated heterocycles. The number of aliphatic hydroxyl groups excluding tert-OH is 1. The Morgan fingerprint density at radius 1 is 0.880 bits per heavy atom. The summed E-state index contributed by atoms with van der Waals surface area (Å²) >= 11 is 0. The monoisotopic (exact) mass is 346 g/mol. The summed E-state index contributed by atoms with van der Waals surface area (Å²) in [5.74, 6) is 5.63. The third-order valence-corrected chi connectivity index (χ3v) is 9.93. The van der Waals surface area contributed by atoms with E-state index in [1.165, 1.54) is 57.8 Å². The largest absolute Gasteiger partial charge is 0.393 e. The number of fused-ring (bicyclic) bond motifs is 5. The molecule has 0 spiro atoms. The molecular formula is C24H42O. The van der Waals surface area contributed by atoms with Gasteiger partial charge in [0.05, 0.1) is 6.10 Å². The molecule has 0 bridgehead atoms. The van der Waals surface area contributed by atoms with Gasteiger partial charge in [0.15, 0.2) is 0 Å². The van der Waals surface area contributed by atoms with Gasteiger partial charge in [0, 0.05) is 0 Å². The Balaban J connectivity index is 1.52. The number of hydrogen-bond acceptors (Lipinski definition) is 1. The lowest BCUT2D eigenvalue weighted by Crippen LogP contribution is -2.53. The van der Waals surface area contributed by atoms with Crippen LogP contribution in [0, 0.1) is 46.3 Å². The van der Waals surface area contributed by atoms with E-state index in [0.717, 1.165) is 48.3 Å². The second-order valence-electron chi connectivity index (χ2n) is 11.4. The molecule has 5 unspecified atom stereocenters. The average molecular weight is 347 g/mol. The summed E-state index contributed by atoms with van der Waals surface area (Å²) in [7, 11) is 0. The smallest absolute Gasteiger partial charge is 0.0543 e. The van der Waals surface area contributed by atoms with Crippen molar-refractivity contribution < 1.29 is 5.11 Å². The van der Waals surface area contributed by atoms with Crippen molar-refractivity contribution in [2.24, 2.45) is 46.3 Å². The maximum absolute atomic E-state index is 10.2. The van der Waals surface area contributed by atoms with E-state index in [0.29, 0.717) is 10.8 Å². The zero-order valence-corrected chi connectivity index (χ0v) is 17.3. The van der Waals surface area contributed by atoms with E-state index in [2.05, 4.69) is 27.7 Å². The van der Waals surface area contributed by atoms with Crippen molar-refractivity contribution in [2.75, 3.05) is 0 Å². The molecule has 8 atom stereocenters. The van der Waals surface area contributed by atoms with E-state index in [1.807, 2.05) is 0 Å². The van der Waals surface area contributed by atoms with Crippen LogP contribution in [0.1, 0.15) is 98.3 Å². The summed E-state index contributed by atoms with van der Waals surface area (Å²) in [6, 6.07) is 0. The first kappa shape index (κ1) is 18.3. The lowest BCUT2D eigenvalue weighted by Gasteiger charge is -2.61. The molecular weight excluding hydrogens is 304 g/mol. The first-order chi connectivity index (χ1) is 11.8. The Morgan fingerprint density at radius 2 is 1.60 bits per heavy atom. The fourth-order valence-corrected chi connectivity index (χ4v) is 8.35. The van der Waals surface area contributed by atoms with Crippen LogP contribution in [0.15, 0.2) is 0 Å². The van der Waals surface area contributed by atoms with E-state index in [-0.39, 0.29) is 6.10 Å². The SMILES string of the molecule is CC(C)CCC1CCC2[C@@H]3CCC4C[C@@H](O)CC[C@]4(C)C3CCC12C. The minimum atomic E-state index is -0.00428. The van der Waals surface area contributed by atoms with Crippen LogP contribution in [0.4, 0.5) is 0 Å². The van der Waals surface area contributed by atoms with Crippen LogP contribution >= 0.6 is 0 Å². The average Bonchev–Trinajstić information content (AvgIpc) is 2.90. The van der Waals surface area contributed by atoms with Gasteiger partial charge in [-0.25, -0.2) is 0 Å². The molecule has 4 saturated carbocycles. The molecule has 0 radical (unpaired) electrons. The predicted octanol–water partition coefficient (Wildman–Crippen LogP) is 6.44. The molecule has 1 N–H and O–H groups in total. The zero-order valence-electron chi connectivity index (χ0n) is 17.3. The van der Waals surface area contributed by atoms with Crippen LogP contribution < -0.4 is 0 Å². The van der Waals surface area contributed by atoms with Crippen molar-refractivity contribution in [1.82, 2.24) is 0 Å². The van der Waals surface area contributed by atoms with Crippen molar-refractivity contribution in [1.29, 1.82) is 0 Å². The van der Waals surface area contributed by atoms with E-state index in [9.17, 15) is 5.11 Å². The molecule has 0 aromatic rings. The highest BCUT2D eigenvalue weighted by Gasteiger charge is 2.59. The Morgan fingerprint density at radius 3 is 2.36 bits per heavy atom. The van der Waals surface area contributed by atoms with Crippen molar-refractivity contribution >= 4 is 0 Å². The van der Waals surface area contributed by atoms with Crippen LogP contribution in [0.2, 0.25) is 0 Å². The first-order valence-electron chi connectivity index (χ1n) is 11.5. The molecule has 1 nitrogen and oxygen atoms in total. The zero-order chi connectivity index (χ0) is 17.8. The van der Waals surface area contributed by atoms with Crippen LogP contribution in [-0.4, -0.2) is 11.2 Å². The molecule has 4 aliphatic rings. The molecule has 0 amide bonds. The minimum Gasteiger partial charge on any atom is -0.393 e. The second-order valence-corrected chi connectivity index (χ2v) is 11.4. The van der Waals surface area contributed by atoms with Crippen molar-refractivity contribution in [3.8, 4) is 0 Å². The number of aliphatic hydroxyl groups is 1. The van der Waals surface area contributed by atoms with E-state index < -0.39 is 0 Å². The van der Waals surface area contributed by atoms with Gasteiger partial charge in [0.1, 0.15) is 0 Å². The van der Waals surface area contributed by atoms with E-state index >= 15 is 0 Å². The molecule has 0 aromatic carbocycles. The van der Waals surface area contributed by atoms with Crippen molar-refractivity contribution in [3.05, 3.63) is 0 Å². The van der Waals surface area contributed by atoms with Gasteiger partial charge in [-0.15, -0.1) is 0 Å². The van der Waals surface area contributed by atoms with Crippen LogP contribution in [0.5, 0.6) is 0 Å². The molecule has 0 aromatic heterocycles. The molecule has 4 fully saturated rings. The van der Waals surface area contributed by atoms with Gasteiger partial charge in [-0.3, -0.25) is 0 Å². The van der Waals surface area contributed by atoms with Crippen molar-refractivity contribution in [2.45, 2.75) is 104 Å². The topological polar surface area (TPSA) is 20.2 Å². The Kier molecular flexibility index (Phi) is 4.79. The molecule has 1 heteroatoms. The molecule has 25 heavy (non-hydrogen) atoms. The van der Waals surface area contributed by atoms with E-state index in [4.69, 9.17) is 0 Å². The molecule has 0 heterocycles. The highest BCUT2D eigenvalue weighted by atomic mass is 16.3. The van der Waals surface area contributed by atoms with Gasteiger partial charge < -0.3 is 5.11 Å². The maximum Gasteiger partial charge on any atom is 0.0543 e. The number of rotatable bonds is 3. The lowest BCUT2D eigenvalue weighted by molar-refractivity contribution is -0.127. The summed E-state index contributed by atoms with van der Waals surface area (Å²) < 4.78 is 0. The minimum absolute atomic E-state index is 0.00428. The Labute approximate surface area is 156 Å². The van der Waals surface area contributed by atoms with Crippen LogP contribution in [0.25, 0.3) is 0 Å². The van der Waals surface area contributed by atoms with E-state index in [1.54, 1.807) is 0 Å². The van der Waals surface area contributed by atoms with Crippen LogP contribution in [0.3, 0.4) is 0 Å². The fraction of sp³-hybridized carbons (Fsp3) is 1.00. The predicted molar refractivity (Wildman–Crippen MR) is 105 cm³/mol.